The lowest BCUT2D eigenvalue weighted by atomic mass is 10.0. The quantitative estimate of drug-likeness (QED) is 0.659. The fourth-order valence-corrected chi connectivity index (χ4v) is 1.86. The summed E-state index contributed by atoms with van der Waals surface area (Å²) in [5.74, 6) is 0.104. The van der Waals surface area contributed by atoms with Gasteiger partial charge in [-0.05, 0) is 35.9 Å². The van der Waals surface area contributed by atoms with Crippen LogP contribution in [0.2, 0.25) is 5.02 Å². The third-order valence-electron chi connectivity index (χ3n) is 2.62. The minimum absolute atomic E-state index is 0.0742. The van der Waals surface area contributed by atoms with Gasteiger partial charge in [-0.2, -0.15) is 0 Å². The summed E-state index contributed by atoms with van der Waals surface area (Å²) in [5, 5.41) is 9.67. The first-order valence-electron chi connectivity index (χ1n) is 5.42. The fourth-order valence-electron chi connectivity index (χ4n) is 1.68. The van der Waals surface area contributed by atoms with Crippen LogP contribution in [0.5, 0.6) is 5.75 Å². The Labute approximate surface area is 110 Å². The van der Waals surface area contributed by atoms with E-state index in [0.717, 1.165) is 5.56 Å². The second-order valence-corrected chi connectivity index (χ2v) is 4.43. The van der Waals surface area contributed by atoms with Gasteiger partial charge in [0.1, 0.15) is 5.75 Å². The fraction of sp³-hybridized carbons (Fsp3) is 0.0714. The maximum atomic E-state index is 12.0. The zero-order valence-corrected chi connectivity index (χ0v) is 10.3. The molecule has 0 amide bonds. The van der Waals surface area contributed by atoms with E-state index in [0.29, 0.717) is 16.3 Å². The maximum Gasteiger partial charge on any atom is 0.169 e. The number of phenolic OH excluding ortho intramolecular Hbond substituents is 1. The number of benzene rings is 2. The molecule has 0 radical (unpaired) electrons. The molecule has 92 valence electrons. The highest BCUT2D eigenvalue weighted by Crippen LogP contribution is 2.20. The molecule has 0 atom stereocenters. The molecule has 2 rings (SSSR count). The van der Waals surface area contributed by atoms with Crippen LogP contribution in [0.15, 0.2) is 42.5 Å². The number of hydrogen-bond donors (Lipinski definition) is 2. The van der Waals surface area contributed by atoms with Crippen LogP contribution in [0.4, 0.5) is 5.69 Å². The van der Waals surface area contributed by atoms with Crippen molar-refractivity contribution in [3.63, 3.8) is 0 Å². The first-order valence-corrected chi connectivity index (χ1v) is 5.80. The molecule has 0 aliphatic carbocycles. The second kappa shape index (κ2) is 5.10. The lowest BCUT2D eigenvalue weighted by molar-refractivity contribution is 0.0994. The molecule has 18 heavy (non-hydrogen) atoms. The van der Waals surface area contributed by atoms with Gasteiger partial charge in [-0.25, -0.2) is 0 Å². The minimum Gasteiger partial charge on any atom is -0.508 e. The molecule has 4 heteroatoms. The smallest absolute Gasteiger partial charge is 0.169 e. The Bertz CT molecular complexity index is 579. The third kappa shape index (κ3) is 2.81. The number of phenols is 1. The molecule has 0 spiro atoms. The third-order valence-corrected chi connectivity index (χ3v) is 2.85. The summed E-state index contributed by atoms with van der Waals surface area (Å²) in [6.07, 6.45) is 0.242. The van der Waals surface area contributed by atoms with Gasteiger partial charge >= 0.3 is 0 Å². The Hall–Kier alpha value is -2.00. The summed E-state index contributed by atoms with van der Waals surface area (Å²) in [6, 6.07) is 11.3. The summed E-state index contributed by atoms with van der Waals surface area (Å²) in [6.45, 7) is 0. The largest absolute Gasteiger partial charge is 0.508 e. The Kier molecular flexibility index (Phi) is 3.53. The molecule has 0 aromatic heterocycles. The molecule has 0 aliphatic rings. The number of carbonyl (C=O) groups excluding carboxylic acids is 1. The first-order chi connectivity index (χ1) is 8.56. The molecule has 0 bridgehead atoms. The van der Waals surface area contributed by atoms with Crippen LogP contribution in [0.1, 0.15) is 15.9 Å². The van der Waals surface area contributed by atoms with Gasteiger partial charge in [-0.3, -0.25) is 4.79 Å². The maximum absolute atomic E-state index is 12.0. The molecular formula is C14H12ClNO2. The van der Waals surface area contributed by atoms with Crippen LogP contribution in [0.3, 0.4) is 0 Å². The molecule has 0 aliphatic heterocycles. The predicted octanol–water partition coefficient (Wildman–Crippen LogP) is 3.05. The number of carbonyl (C=O) groups is 1. The molecule has 3 nitrogen and oxygen atoms in total. The SMILES string of the molecule is Nc1cc(Cl)ccc1C(=O)Cc1ccc(O)cc1. The summed E-state index contributed by atoms with van der Waals surface area (Å²) in [7, 11) is 0. The van der Waals surface area contributed by atoms with Crippen molar-refractivity contribution in [2.45, 2.75) is 6.42 Å². The number of nitrogens with two attached hydrogens (primary N) is 1. The van der Waals surface area contributed by atoms with E-state index < -0.39 is 0 Å². The lowest BCUT2D eigenvalue weighted by Crippen LogP contribution is -2.06. The van der Waals surface area contributed by atoms with Gasteiger partial charge in [0.2, 0.25) is 0 Å². The number of ketones is 1. The van der Waals surface area contributed by atoms with Crippen molar-refractivity contribution in [3.8, 4) is 5.75 Å². The van der Waals surface area contributed by atoms with Crippen molar-refractivity contribution in [3.05, 3.63) is 58.6 Å². The van der Waals surface area contributed by atoms with Gasteiger partial charge in [0, 0.05) is 22.7 Å². The summed E-state index contributed by atoms with van der Waals surface area (Å²) in [5.41, 5.74) is 7.43. The zero-order valence-electron chi connectivity index (χ0n) is 9.56. The standard InChI is InChI=1S/C14H12ClNO2/c15-10-3-6-12(13(16)8-10)14(18)7-9-1-4-11(17)5-2-9/h1-6,8,17H,7,16H2. The van der Waals surface area contributed by atoms with E-state index in [1.165, 1.54) is 0 Å². The monoisotopic (exact) mass is 261 g/mol. The van der Waals surface area contributed by atoms with E-state index in [1.54, 1.807) is 42.5 Å². The minimum atomic E-state index is -0.0742. The van der Waals surface area contributed by atoms with Gasteiger partial charge in [0.25, 0.3) is 0 Å². The van der Waals surface area contributed by atoms with Crippen molar-refractivity contribution in [2.24, 2.45) is 0 Å². The van der Waals surface area contributed by atoms with Crippen LogP contribution in [-0.2, 0) is 6.42 Å². The number of rotatable bonds is 3. The Balaban J connectivity index is 2.19. The first kappa shape index (κ1) is 12.5. The summed E-state index contributed by atoms with van der Waals surface area (Å²) < 4.78 is 0. The highest BCUT2D eigenvalue weighted by Gasteiger charge is 2.10. The van der Waals surface area contributed by atoms with E-state index in [4.69, 9.17) is 22.4 Å². The zero-order chi connectivity index (χ0) is 13.1. The van der Waals surface area contributed by atoms with Crippen LogP contribution in [0, 0.1) is 0 Å². The van der Waals surface area contributed by atoms with E-state index in [2.05, 4.69) is 0 Å². The second-order valence-electron chi connectivity index (χ2n) is 4.00. The molecule has 0 fully saturated rings. The molecule has 2 aromatic carbocycles. The van der Waals surface area contributed by atoms with Crippen LogP contribution in [0.25, 0.3) is 0 Å². The van der Waals surface area contributed by atoms with Gasteiger partial charge in [0.15, 0.2) is 5.78 Å². The molecule has 0 unspecified atom stereocenters. The number of anilines is 1. The number of Topliss-reactive ketones (excluding diaryl/α,β-unsaturated/α-hetero) is 1. The van der Waals surface area contributed by atoms with E-state index in [9.17, 15) is 4.79 Å². The predicted molar refractivity (Wildman–Crippen MR) is 72.0 cm³/mol. The van der Waals surface area contributed by atoms with Crippen molar-refractivity contribution in [2.75, 3.05) is 5.73 Å². The van der Waals surface area contributed by atoms with Gasteiger partial charge in [-0.1, -0.05) is 23.7 Å². The van der Waals surface area contributed by atoms with E-state index in [-0.39, 0.29) is 18.0 Å². The highest BCUT2D eigenvalue weighted by atomic mass is 35.5. The highest BCUT2D eigenvalue weighted by molar-refractivity contribution is 6.31. The normalized spacial score (nSPS) is 10.3. The Morgan fingerprint density at radius 2 is 1.83 bits per heavy atom. The number of hydrogen-bond acceptors (Lipinski definition) is 3. The van der Waals surface area contributed by atoms with Crippen LogP contribution >= 0.6 is 11.6 Å². The topological polar surface area (TPSA) is 63.3 Å². The van der Waals surface area contributed by atoms with E-state index in [1.807, 2.05) is 0 Å². The van der Waals surface area contributed by atoms with Gasteiger partial charge in [0.05, 0.1) is 0 Å². The van der Waals surface area contributed by atoms with Crippen molar-refractivity contribution in [1.29, 1.82) is 0 Å². The molecular weight excluding hydrogens is 250 g/mol. The van der Waals surface area contributed by atoms with Gasteiger partial charge < -0.3 is 10.8 Å². The molecule has 2 aromatic rings. The van der Waals surface area contributed by atoms with E-state index >= 15 is 0 Å². The number of aromatic hydroxyl groups is 1. The van der Waals surface area contributed by atoms with Gasteiger partial charge in [-0.15, -0.1) is 0 Å². The average Bonchev–Trinajstić information content (AvgIpc) is 2.32. The summed E-state index contributed by atoms with van der Waals surface area (Å²) >= 11 is 5.78. The van der Waals surface area contributed by atoms with Crippen LogP contribution in [-0.4, -0.2) is 10.9 Å². The molecule has 0 saturated carbocycles. The Morgan fingerprint density at radius 3 is 2.44 bits per heavy atom. The summed E-state index contributed by atoms with van der Waals surface area (Å²) in [4.78, 5) is 12.0. The van der Waals surface area contributed by atoms with Crippen molar-refractivity contribution in [1.82, 2.24) is 0 Å². The lowest BCUT2D eigenvalue weighted by Gasteiger charge is -2.05. The van der Waals surface area contributed by atoms with Crippen molar-refractivity contribution < 1.29 is 9.90 Å². The average molecular weight is 262 g/mol. The molecule has 3 N–H and O–H groups in total. The van der Waals surface area contributed by atoms with Crippen LogP contribution < -0.4 is 5.73 Å². The Morgan fingerprint density at radius 1 is 1.17 bits per heavy atom. The molecule has 0 saturated heterocycles. The van der Waals surface area contributed by atoms with Crippen molar-refractivity contribution >= 4 is 23.1 Å². The number of nitrogen functional groups attached to an aromatic ring is 1. The number of halogens is 1. The molecule has 0 heterocycles.